The lowest BCUT2D eigenvalue weighted by Crippen LogP contribution is -2.44. The van der Waals surface area contributed by atoms with Crippen LogP contribution in [0, 0.1) is 0 Å². The fraction of sp³-hybridized carbons (Fsp3) is 0.231. The first-order chi connectivity index (χ1) is 16.1. The van der Waals surface area contributed by atoms with Crippen molar-refractivity contribution in [3.05, 3.63) is 95.3 Å². The van der Waals surface area contributed by atoms with E-state index in [1.165, 1.54) is 0 Å². The minimum absolute atomic E-state index is 0.0733. The van der Waals surface area contributed by atoms with Crippen LogP contribution in [-0.2, 0) is 17.9 Å². The van der Waals surface area contributed by atoms with Crippen LogP contribution >= 0.6 is 0 Å². The summed E-state index contributed by atoms with van der Waals surface area (Å²) in [7, 11) is 0. The molecule has 3 amide bonds. The summed E-state index contributed by atoms with van der Waals surface area (Å²) < 4.78 is 0. The normalized spacial score (nSPS) is 17.4. The number of benzene rings is 2. The highest BCUT2D eigenvalue weighted by Crippen LogP contribution is 2.33. The summed E-state index contributed by atoms with van der Waals surface area (Å²) in [6.07, 6.45) is 3.18. The fourth-order valence-electron chi connectivity index (χ4n) is 4.54. The van der Waals surface area contributed by atoms with Gasteiger partial charge in [0.1, 0.15) is 6.04 Å². The van der Waals surface area contributed by atoms with Crippen LogP contribution < -0.4 is 10.2 Å². The number of nitrogens with one attached hydrogen (secondary N) is 1. The van der Waals surface area contributed by atoms with Crippen molar-refractivity contribution in [1.29, 1.82) is 0 Å². The van der Waals surface area contributed by atoms with Crippen LogP contribution in [0.25, 0.3) is 0 Å². The molecule has 0 unspecified atom stereocenters. The standard InChI is InChI=1S/C26H24N4O3/c31-24(28-16-20-9-3-4-13-27-20)19-8-5-7-18(15-19)17-30-22-11-2-1-10-21(22)25(32)29-14-6-12-23(29)26(30)33/h1-5,7-11,13,15,23H,6,12,14,16-17H2,(H,28,31)/t23-/m0/s1. The van der Waals surface area contributed by atoms with E-state index in [2.05, 4.69) is 10.3 Å². The van der Waals surface area contributed by atoms with Crippen LogP contribution in [0.2, 0.25) is 0 Å². The Bertz CT molecular complexity index is 1210. The van der Waals surface area contributed by atoms with Crippen molar-refractivity contribution in [2.45, 2.75) is 32.0 Å². The van der Waals surface area contributed by atoms with E-state index in [-0.39, 0.29) is 24.3 Å². The largest absolute Gasteiger partial charge is 0.346 e. The van der Waals surface area contributed by atoms with Crippen LogP contribution in [-0.4, -0.2) is 40.2 Å². The Morgan fingerprint density at radius 1 is 1.03 bits per heavy atom. The number of anilines is 1. The van der Waals surface area contributed by atoms with Crippen molar-refractivity contribution in [2.75, 3.05) is 11.4 Å². The lowest BCUT2D eigenvalue weighted by Gasteiger charge is -2.26. The van der Waals surface area contributed by atoms with Crippen molar-refractivity contribution >= 4 is 23.4 Å². The SMILES string of the molecule is O=C(NCc1ccccn1)c1cccc(CN2C(=O)[C@@H]3CCCN3C(=O)c3ccccc32)c1. The average molecular weight is 441 g/mol. The number of nitrogens with zero attached hydrogens (tertiary/aromatic N) is 3. The zero-order valence-corrected chi connectivity index (χ0v) is 18.1. The Morgan fingerprint density at radius 2 is 1.88 bits per heavy atom. The third kappa shape index (κ3) is 4.09. The Kier molecular flexibility index (Phi) is 5.60. The van der Waals surface area contributed by atoms with Crippen molar-refractivity contribution in [3.63, 3.8) is 0 Å². The molecule has 5 rings (SSSR count). The molecule has 1 fully saturated rings. The summed E-state index contributed by atoms with van der Waals surface area (Å²) >= 11 is 0. The first-order valence-corrected chi connectivity index (χ1v) is 11.1. The molecule has 7 nitrogen and oxygen atoms in total. The van der Waals surface area contributed by atoms with E-state index in [9.17, 15) is 14.4 Å². The first kappa shape index (κ1) is 20.9. The summed E-state index contributed by atoms with van der Waals surface area (Å²) in [6, 6.07) is 19.6. The second-order valence-electron chi connectivity index (χ2n) is 8.30. The summed E-state index contributed by atoms with van der Waals surface area (Å²) in [5.74, 6) is -0.371. The maximum atomic E-state index is 13.5. The molecule has 2 aliphatic rings. The van der Waals surface area contributed by atoms with Gasteiger partial charge in [-0.25, -0.2) is 0 Å². The number of carbonyl (C=O) groups excluding carboxylic acids is 3. The van der Waals surface area contributed by atoms with E-state index in [0.717, 1.165) is 17.7 Å². The number of fused-ring (bicyclic) bond motifs is 2. The molecule has 1 aromatic heterocycles. The van der Waals surface area contributed by atoms with Gasteiger partial charge in [0.2, 0.25) is 5.91 Å². The number of aromatic nitrogens is 1. The predicted molar refractivity (Wildman–Crippen MR) is 124 cm³/mol. The quantitative estimate of drug-likeness (QED) is 0.661. The molecule has 2 aromatic carbocycles. The molecular formula is C26H24N4O3. The molecule has 2 aliphatic heterocycles. The number of hydrogen-bond donors (Lipinski definition) is 1. The van der Waals surface area contributed by atoms with E-state index in [1.54, 1.807) is 34.2 Å². The van der Waals surface area contributed by atoms with Gasteiger partial charge in [-0.15, -0.1) is 0 Å². The second kappa shape index (κ2) is 8.86. The molecule has 0 bridgehead atoms. The van der Waals surface area contributed by atoms with E-state index >= 15 is 0 Å². The van der Waals surface area contributed by atoms with E-state index in [4.69, 9.17) is 0 Å². The molecule has 1 atom stereocenters. The highest BCUT2D eigenvalue weighted by atomic mass is 16.2. The molecule has 0 spiro atoms. The van der Waals surface area contributed by atoms with E-state index < -0.39 is 6.04 Å². The summed E-state index contributed by atoms with van der Waals surface area (Å²) in [5, 5.41) is 2.88. The maximum Gasteiger partial charge on any atom is 0.256 e. The number of rotatable bonds is 5. The van der Waals surface area contributed by atoms with Crippen molar-refractivity contribution < 1.29 is 14.4 Å². The molecule has 166 valence electrons. The van der Waals surface area contributed by atoms with Crippen molar-refractivity contribution in [2.24, 2.45) is 0 Å². The second-order valence-corrected chi connectivity index (χ2v) is 8.30. The van der Waals surface area contributed by atoms with Gasteiger partial charge in [0.05, 0.1) is 30.0 Å². The first-order valence-electron chi connectivity index (χ1n) is 11.1. The Hall–Kier alpha value is -4.00. The lowest BCUT2D eigenvalue weighted by molar-refractivity contribution is -0.122. The van der Waals surface area contributed by atoms with Crippen LogP contribution in [0.15, 0.2) is 72.9 Å². The smallest absolute Gasteiger partial charge is 0.256 e. The molecule has 1 N–H and O–H groups in total. The van der Waals surface area contributed by atoms with Crippen LogP contribution in [0.1, 0.15) is 44.8 Å². The number of amides is 3. The zero-order chi connectivity index (χ0) is 22.8. The van der Waals surface area contributed by atoms with Crippen LogP contribution in [0.5, 0.6) is 0 Å². The summed E-state index contributed by atoms with van der Waals surface area (Å²) in [6.45, 7) is 1.22. The van der Waals surface area contributed by atoms with Gasteiger partial charge in [-0.05, 0) is 54.8 Å². The van der Waals surface area contributed by atoms with E-state index in [0.29, 0.717) is 36.3 Å². The van der Waals surface area contributed by atoms with E-state index in [1.807, 2.05) is 48.5 Å². The highest BCUT2D eigenvalue weighted by molar-refractivity contribution is 6.11. The molecule has 33 heavy (non-hydrogen) atoms. The minimum Gasteiger partial charge on any atom is -0.346 e. The van der Waals surface area contributed by atoms with Gasteiger partial charge < -0.3 is 15.1 Å². The third-order valence-corrected chi connectivity index (χ3v) is 6.18. The minimum atomic E-state index is -0.435. The van der Waals surface area contributed by atoms with Crippen molar-refractivity contribution in [3.8, 4) is 0 Å². The molecule has 0 radical (unpaired) electrons. The number of carbonyl (C=O) groups is 3. The molecule has 7 heteroatoms. The lowest BCUT2D eigenvalue weighted by atomic mass is 10.1. The zero-order valence-electron chi connectivity index (χ0n) is 18.1. The summed E-state index contributed by atoms with van der Waals surface area (Å²) in [5.41, 5.74) is 3.27. The number of pyridine rings is 1. The van der Waals surface area contributed by atoms with Crippen molar-refractivity contribution in [1.82, 2.24) is 15.2 Å². The Morgan fingerprint density at radius 3 is 2.73 bits per heavy atom. The van der Waals surface area contributed by atoms with Crippen LogP contribution in [0.3, 0.4) is 0 Å². The molecule has 0 aliphatic carbocycles. The van der Waals surface area contributed by atoms with Gasteiger partial charge in [-0.1, -0.05) is 30.3 Å². The molecule has 3 aromatic rings. The van der Waals surface area contributed by atoms with Gasteiger partial charge in [0.25, 0.3) is 11.8 Å². The van der Waals surface area contributed by atoms with Gasteiger partial charge in [0, 0.05) is 18.3 Å². The molecule has 3 heterocycles. The Labute approximate surface area is 192 Å². The topological polar surface area (TPSA) is 82.6 Å². The monoisotopic (exact) mass is 440 g/mol. The number of hydrogen-bond acceptors (Lipinski definition) is 4. The molecular weight excluding hydrogens is 416 g/mol. The third-order valence-electron chi connectivity index (χ3n) is 6.18. The summed E-state index contributed by atoms with van der Waals surface area (Å²) in [4.78, 5) is 46.9. The van der Waals surface area contributed by atoms with Crippen LogP contribution in [0.4, 0.5) is 5.69 Å². The average Bonchev–Trinajstić information content (AvgIpc) is 3.33. The molecule has 1 saturated heterocycles. The number of para-hydroxylation sites is 1. The fourth-order valence-corrected chi connectivity index (χ4v) is 4.54. The van der Waals surface area contributed by atoms with Gasteiger partial charge in [0.15, 0.2) is 0 Å². The Balaban J connectivity index is 1.39. The molecule has 0 saturated carbocycles. The van der Waals surface area contributed by atoms with Gasteiger partial charge in [-0.3, -0.25) is 19.4 Å². The van der Waals surface area contributed by atoms with Gasteiger partial charge in [-0.2, -0.15) is 0 Å². The predicted octanol–water partition coefficient (Wildman–Crippen LogP) is 3.16. The van der Waals surface area contributed by atoms with Gasteiger partial charge >= 0.3 is 0 Å². The highest BCUT2D eigenvalue weighted by Gasteiger charge is 2.41. The maximum absolute atomic E-state index is 13.5.